The summed E-state index contributed by atoms with van der Waals surface area (Å²) < 4.78 is 19.7. The van der Waals surface area contributed by atoms with Gasteiger partial charge in [0.2, 0.25) is 0 Å². The van der Waals surface area contributed by atoms with E-state index in [9.17, 15) is 9.18 Å². The van der Waals surface area contributed by atoms with Gasteiger partial charge in [-0.05, 0) is 39.3 Å². The van der Waals surface area contributed by atoms with Crippen LogP contribution in [0.4, 0.5) is 4.39 Å². The molecule has 19 heavy (non-hydrogen) atoms. The Morgan fingerprint density at radius 3 is 2.68 bits per heavy atom. The Bertz CT molecular complexity index is 416. The van der Waals surface area contributed by atoms with Crippen LogP contribution in [0, 0.1) is 5.41 Å². The van der Waals surface area contributed by atoms with Crippen molar-refractivity contribution in [1.82, 2.24) is 10.2 Å². The Labute approximate surface area is 113 Å². The van der Waals surface area contributed by atoms with Gasteiger partial charge in [0.05, 0.1) is 11.3 Å². The van der Waals surface area contributed by atoms with Crippen LogP contribution in [0.1, 0.15) is 26.2 Å². The van der Waals surface area contributed by atoms with E-state index in [0.29, 0.717) is 18.7 Å². The quantitative estimate of drug-likeness (QED) is 0.726. The van der Waals surface area contributed by atoms with Crippen LogP contribution in [0.3, 0.4) is 0 Å². The van der Waals surface area contributed by atoms with E-state index in [2.05, 4.69) is 5.32 Å². The van der Waals surface area contributed by atoms with Crippen molar-refractivity contribution in [3.8, 4) is 0 Å². The van der Waals surface area contributed by atoms with Crippen LogP contribution >= 0.6 is 0 Å². The summed E-state index contributed by atoms with van der Waals surface area (Å²) in [5.74, 6) is -0.257. The molecule has 3 aliphatic rings. The van der Waals surface area contributed by atoms with Crippen LogP contribution in [0.2, 0.25) is 0 Å². The summed E-state index contributed by atoms with van der Waals surface area (Å²) in [5.41, 5.74) is 1.39. The van der Waals surface area contributed by atoms with E-state index >= 15 is 0 Å². The Morgan fingerprint density at radius 1 is 1.37 bits per heavy atom. The van der Waals surface area contributed by atoms with Crippen LogP contribution in [-0.4, -0.2) is 49.8 Å². The first kappa shape index (κ1) is 12.9. The molecule has 0 aliphatic carbocycles. The maximum absolute atomic E-state index is 14.6. The molecular weight excluding hydrogens is 247 g/mol. The van der Waals surface area contributed by atoms with E-state index in [-0.39, 0.29) is 11.4 Å². The van der Waals surface area contributed by atoms with E-state index in [1.807, 2.05) is 4.90 Å². The molecule has 3 rings (SSSR count). The normalized spacial score (nSPS) is 30.9. The highest BCUT2D eigenvalue weighted by Crippen LogP contribution is 2.42. The van der Waals surface area contributed by atoms with Crippen molar-refractivity contribution in [2.24, 2.45) is 5.41 Å². The average molecular weight is 268 g/mol. The van der Waals surface area contributed by atoms with Crippen molar-refractivity contribution in [3.63, 3.8) is 0 Å². The molecule has 0 unspecified atom stereocenters. The largest absolute Gasteiger partial charge is 0.456 e. The lowest BCUT2D eigenvalue weighted by Crippen LogP contribution is -2.52. The zero-order valence-electron chi connectivity index (χ0n) is 11.4. The lowest BCUT2D eigenvalue weighted by molar-refractivity contribution is -0.136. The van der Waals surface area contributed by atoms with Crippen LogP contribution in [-0.2, 0) is 9.53 Å². The van der Waals surface area contributed by atoms with Gasteiger partial charge < -0.3 is 15.0 Å². The van der Waals surface area contributed by atoms with E-state index in [4.69, 9.17) is 4.74 Å². The first-order valence-electron chi connectivity index (χ1n) is 7.09. The number of nitrogens with one attached hydrogen (secondary N) is 1. The van der Waals surface area contributed by atoms with Crippen molar-refractivity contribution >= 4 is 5.97 Å². The number of nitrogens with zero attached hydrogens (tertiary/aromatic N) is 1. The number of esters is 1. The monoisotopic (exact) mass is 268 g/mol. The second-order valence-corrected chi connectivity index (χ2v) is 5.92. The van der Waals surface area contributed by atoms with Gasteiger partial charge in [-0.15, -0.1) is 0 Å². The number of piperidine rings is 2. The number of hydrogen-bond acceptors (Lipinski definition) is 4. The number of likely N-dealkylation sites (tertiary alicyclic amines) is 1. The maximum Gasteiger partial charge on any atom is 0.335 e. The van der Waals surface area contributed by atoms with Crippen molar-refractivity contribution < 1.29 is 13.9 Å². The molecule has 0 saturated carbocycles. The molecule has 106 valence electrons. The second-order valence-electron chi connectivity index (χ2n) is 5.92. The zero-order valence-corrected chi connectivity index (χ0v) is 11.4. The number of hydrogen-bond donors (Lipinski definition) is 1. The number of carbonyl (C=O) groups excluding carboxylic acids is 1. The summed E-state index contributed by atoms with van der Waals surface area (Å²) in [6.07, 6.45) is 1.92. The third kappa shape index (κ3) is 2.14. The first-order valence-corrected chi connectivity index (χ1v) is 7.09. The fourth-order valence-electron chi connectivity index (χ4n) is 3.52. The van der Waals surface area contributed by atoms with Crippen LogP contribution in [0.5, 0.6) is 0 Å². The number of cyclic esters (lactones) is 1. The van der Waals surface area contributed by atoms with Crippen LogP contribution in [0.15, 0.2) is 11.3 Å². The fourth-order valence-corrected chi connectivity index (χ4v) is 3.52. The molecule has 4 nitrogen and oxygen atoms in total. The minimum Gasteiger partial charge on any atom is -0.456 e. The molecular formula is C14H21FN2O2. The summed E-state index contributed by atoms with van der Waals surface area (Å²) in [7, 11) is 0. The highest BCUT2D eigenvalue weighted by Gasteiger charge is 2.45. The van der Waals surface area contributed by atoms with Gasteiger partial charge >= 0.3 is 5.97 Å². The van der Waals surface area contributed by atoms with Crippen molar-refractivity contribution in [2.45, 2.75) is 32.4 Å². The Morgan fingerprint density at radius 2 is 2.11 bits per heavy atom. The molecule has 2 saturated heterocycles. The molecule has 2 fully saturated rings. The smallest absolute Gasteiger partial charge is 0.335 e. The summed E-state index contributed by atoms with van der Waals surface area (Å²) in [6.45, 7) is 5.17. The SMILES string of the molecule is CC1=C(N2CCC3(CCNCC3)[C@@H](F)C2)COC1=O. The van der Waals surface area contributed by atoms with Gasteiger partial charge in [-0.25, -0.2) is 9.18 Å². The molecule has 1 spiro atoms. The van der Waals surface area contributed by atoms with E-state index < -0.39 is 6.17 Å². The third-order valence-corrected chi connectivity index (χ3v) is 4.98. The molecule has 1 atom stereocenters. The molecule has 0 radical (unpaired) electrons. The molecule has 0 bridgehead atoms. The van der Waals surface area contributed by atoms with Crippen LogP contribution < -0.4 is 5.32 Å². The topological polar surface area (TPSA) is 41.6 Å². The van der Waals surface area contributed by atoms with Crippen molar-refractivity contribution in [2.75, 3.05) is 32.8 Å². The highest BCUT2D eigenvalue weighted by molar-refractivity contribution is 5.90. The van der Waals surface area contributed by atoms with Crippen LogP contribution in [0.25, 0.3) is 0 Å². The minimum absolute atomic E-state index is 0.139. The highest BCUT2D eigenvalue weighted by atomic mass is 19.1. The van der Waals surface area contributed by atoms with Crippen molar-refractivity contribution in [1.29, 1.82) is 0 Å². The van der Waals surface area contributed by atoms with Gasteiger partial charge in [-0.2, -0.15) is 0 Å². The number of carbonyl (C=O) groups is 1. The molecule has 1 N–H and O–H groups in total. The number of halogens is 1. The number of alkyl halides is 1. The van der Waals surface area contributed by atoms with E-state index in [0.717, 1.165) is 44.6 Å². The van der Waals surface area contributed by atoms with Crippen molar-refractivity contribution in [3.05, 3.63) is 11.3 Å². The van der Waals surface area contributed by atoms with E-state index in [1.165, 1.54) is 0 Å². The second kappa shape index (κ2) is 4.78. The van der Waals surface area contributed by atoms with Gasteiger partial charge in [-0.1, -0.05) is 0 Å². The molecule has 0 amide bonds. The average Bonchev–Trinajstić information content (AvgIpc) is 2.75. The molecule has 3 heterocycles. The molecule has 3 aliphatic heterocycles. The molecule has 0 aromatic rings. The summed E-state index contributed by atoms with van der Waals surface area (Å²) in [5, 5.41) is 3.30. The summed E-state index contributed by atoms with van der Waals surface area (Å²) in [4.78, 5) is 13.4. The third-order valence-electron chi connectivity index (χ3n) is 4.98. The van der Waals surface area contributed by atoms with Gasteiger partial charge in [0.1, 0.15) is 12.8 Å². The Balaban J connectivity index is 1.72. The predicted octanol–water partition coefficient (Wildman–Crippen LogP) is 1.23. The first-order chi connectivity index (χ1) is 9.12. The molecule has 0 aromatic heterocycles. The molecule has 0 aromatic carbocycles. The fraction of sp³-hybridized carbons (Fsp3) is 0.786. The maximum atomic E-state index is 14.6. The standard InChI is InChI=1S/C14H21FN2O2/c1-10-11(9-19-13(10)18)17-7-4-14(12(15)8-17)2-5-16-6-3-14/h12,16H,2-9H2,1H3/t12-/m0/s1. The lowest BCUT2D eigenvalue weighted by Gasteiger charge is -2.47. The predicted molar refractivity (Wildman–Crippen MR) is 69.3 cm³/mol. The number of ether oxygens (including phenoxy) is 1. The zero-order chi connectivity index (χ0) is 13.5. The van der Waals surface area contributed by atoms with Gasteiger partial charge in [0.25, 0.3) is 0 Å². The Kier molecular flexibility index (Phi) is 3.25. The summed E-state index contributed by atoms with van der Waals surface area (Å²) in [6, 6.07) is 0. The number of rotatable bonds is 1. The van der Waals surface area contributed by atoms with E-state index in [1.54, 1.807) is 6.92 Å². The van der Waals surface area contributed by atoms with Gasteiger partial charge in [-0.3, -0.25) is 0 Å². The lowest BCUT2D eigenvalue weighted by atomic mass is 9.70. The van der Waals surface area contributed by atoms with Gasteiger partial charge in [0.15, 0.2) is 0 Å². The van der Waals surface area contributed by atoms with Gasteiger partial charge in [0, 0.05) is 18.5 Å². The summed E-state index contributed by atoms with van der Waals surface area (Å²) >= 11 is 0. The minimum atomic E-state index is -0.806. The molecule has 5 heteroatoms. The Hall–Kier alpha value is -1.10.